The first-order chi connectivity index (χ1) is 4.21. The molecule has 0 aromatic rings. The summed E-state index contributed by atoms with van der Waals surface area (Å²) >= 11 is 0. The first-order valence-electron chi connectivity index (χ1n) is 1.50. The van der Waals surface area contributed by atoms with E-state index in [1.165, 1.54) is 0 Å². The SMILES string of the molecule is O=S(=O)([O-])OOS(=O)(=O)[O-].[Ar].[Ar].[Ar].[Ar].[Ar].[Ar].[Ar].[Ar].[Ar].[Ar].[Ar].[K+].[K+]. The van der Waals surface area contributed by atoms with Crippen LogP contribution in [0, 0.1) is 415 Å². The van der Waals surface area contributed by atoms with Gasteiger partial charge in [-0.1, -0.05) is 0 Å². The molecule has 0 heterocycles. The molecule has 0 aliphatic carbocycles. The maximum atomic E-state index is 9.37. The van der Waals surface area contributed by atoms with Gasteiger partial charge in [-0.3, -0.25) is 0 Å². The minimum atomic E-state index is -5.31. The van der Waals surface area contributed by atoms with Gasteiger partial charge in [0.25, 0.3) is 0 Å². The Kier molecular flexibility index (Phi) is 229. The molecular formula is Ar11K2O8S2. The van der Waals surface area contributed by atoms with E-state index >= 15 is 0 Å². The molecule has 0 atom stereocenters. The Morgan fingerprint density at radius 2 is 0.522 bits per heavy atom. The largest absolute Gasteiger partial charge is 1.00 e. The van der Waals surface area contributed by atoms with E-state index in [1.807, 2.05) is 0 Å². The Morgan fingerprint density at radius 1 is 0.435 bits per heavy atom. The van der Waals surface area contributed by atoms with Crippen molar-refractivity contribution >= 4 is 20.8 Å². The molecule has 0 fully saturated rings. The van der Waals surface area contributed by atoms with Crippen LogP contribution in [0.5, 0.6) is 0 Å². The minimum absolute atomic E-state index is 0. The van der Waals surface area contributed by atoms with Crippen LogP contribution in [0.1, 0.15) is 0 Å². The summed E-state index contributed by atoms with van der Waals surface area (Å²) in [6.45, 7) is 0. The van der Waals surface area contributed by atoms with Gasteiger partial charge < -0.3 is 9.11 Å². The molecule has 0 aliphatic rings. The van der Waals surface area contributed by atoms with Gasteiger partial charge in [0.1, 0.15) is 0 Å². The van der Waals surface area contributed by atoms with Crippen molar-refractivity contribution in [3.8, 4) is 0 Å². The monoisotopic (exact) mass is 709 g/mol. The summed E-state index contributed by atoms with van der Waals surface area (Å²) in [5, 5.41) is 0. The van der Waals surface area contributed by atoms with Crippen molar-refractivity contribution in [2.24, 2.45) is 0 Å². The maximum absolute atomic E-state index is 9.37. The van der Waals surface area contributed by atoms with Crippen LogP contribution in [-0.4, -0.2) is 25.9 Å². The summed E-state index contributed by atoms with van der Waals surface area (Å²) < 4.78 is 61.5. The van der Waals surface area contributed by atoms with E-state index in [0.717, 1.165) is 0 Å². The van der Waals surface area contributed by atoms with Crippen molar-refractivity contribution in [1.29, 1.82) is 0 Å². The molecule has 0 aromatic heterocycles. The van der Waals surface area contributed by atoms with E-state index in [2.05, 4.69) is 8.67 Å². The van der Waals surface area contributed by atoms with Crippen LogP contribution in [0.4, 0.5) is 0 Å². The molecule has 23 heteroatoms. The van der Waals surface area contributed by atoms with Gasteiger partial charge in [0.15, 0.2) is 0 Å². The van der Waals surface area contributed by atoms with Crippen LogP contribution in [0.2, 0.25) is 0 Å². The molecule has 0 amide bonds. The van der Waals surface area contributed by atoms with Crippen molar-refractivity contribution in [3.63, 3.8) is 0 Å². The fourth-order valence-corrected chi connectivity index (χ4v) is 0.612. The van der Waals surface area contributed by atoms with E-state index in [4.69, 9.17) is 0 Å². The van der Waals surface area contributed by atoms with Gasteiger partial charge in [-0.2, -0.15) is 0 Å². The molecule has 0 spiro atoms. The zero-order chi connectivity index (χ0) is 8.41. The second-order valence-corrected chi connectivity index (χ2v) is 2.86. The third kappa shape index (κ3) is 92.7. The quantitative estimate of drug-likeness (QED) is 0.0929. The normalized spacial score (nSPS) is 5.83. The third-order valence-corrected chi connectivity index (χ3v) is 0.750. The summed E-state index contributed by atoms with van der Waals surface area (Å²) in [4.78, 5) is 0. The predicted octanol–water partition coefficient (Wildman–Crippen LogP) is -8.14. The zero-order valence-corrected chi connectivity index (χ0v) is 25.6. The molecule has 0 saturated heterocycles. The standard InChI is InChI=1S/11Ar.2K.H2O8S2/c;;;;;;;;;;;;;1-9(2,3)7-8-10(4,5)6/h;;;;;;;;;;;;;(H,1,2,3)(H,4,5,6)/q;;;;;;;;;;;2*+1;/p-2. The molecule has 0 rings (SSSR count). The Bertz CT molecular complexity index is 274. The van der Waals surface area contributed by atoms with Crippen LogP contribution in [0.15, 0.2) is 0 Å². The Labute approximate surface area is 551 Å². The van der Waals surface area contributed by atoms with Gasteiger partial charge in [0.2, 0.25) is 20.8 Å². The van der Waals surface area contributed by atoms with Gasteiger partial charge in [-0.05, 0) is 0 Å². The van der Waals surface area contributed by atoms with E-state index in [-0.39, 0.29) is 518 Å². The smallest absolute Gasteiger partial charge is 0.724 e. The van der Waals surface area contributed by atoms with Crippen molar-refractivity contribution in [3.05, 3.63) is 0 Å². The average Bonchev–Trinajstić information content (AvgIpc) is 1.57. The summed E-state index contributed by atoms with van der Waals surface area (Å²) in [5.74, 6) is 0. The molecular weight excluding hydrogens is 710 g/mol. The molecule has 0 aliphatic heterocycles. The molecule has 0 unspecified atom stereocenters. The Morgan fingerprint density at radius 3 is 0.565 bits per heavy atom. The predicted molar refractivity (Wildman–Crippen MR) is 21.6 cm³/mol. The summed E-state index contributed by atoms with van der Waals surface area (Å²) in [6.07, 6.45) is 0. The van der Waals surface area contributed by atoms with E-state index < -0.39 is 20.8 Å². The van der Waals surface area contributed by atoms with Gasteiger partial charge in [-0.15, -0.1) is 8.67 Å². The third-order valence-electron chi connectivity index (χ3n) is 0.194. The van der Waals surface area contributed by atoms with Crippen molar-refractivity contribution in [2.45, 2.75) is 0 Å². The summed E-state index contributed by atoms with van der Waals surface area (Å²) in [5.41, 5.74) is 0. The Hall–Kier alpha value is 16.9. The molecule has 0 N–H and O–H groups in total. The molecule has 0 radical (unpaired) electrons. The van der Waals surface area contributed by atoms with Gasteiger partial charge in [-0.25, -0.2) is 16.8 Å². The summed E-state index contributed by atoms with van der Waals surface area (Å²) in [7, 11) is -10.6. The zero-order valence-electron chi connectivity index (χ0n) is 9.97. The fraction of sp³-hybridized carbons (Fsp3) is 0. The van der Waals surface area contributed by atoms with E-state index in [1.54, 1.807) is 0 Å². The average molecular weight is 710 g/mol. The van der Waals surface area contributed by atoms with Gasteiger partial charge in [0.05, 0.1) is 0 Å². The fourth-order valence-electron chi connectivity index (χ4n) is 0.0680. The van der Waals surface area contributed by atoms with Gasteiger partial charge >= 0.3 is 103 Å². The first-order valence-corrected chi connectivity index (χ1v) is 4.17. The number of hydrogen-bond acceptors (Lipinski definition) is 8. The molecule has 150 valence electrons. The second-order valence-electron chi connectivity index (χ2n) is 0.953. The van der Waals surface area contributed by atoms with Crippen molar-refractivity contribution < 1.29 is 552 Å². The van der Waals surface area contributed by atoms with E-state index in [0.29, 0.717) is 0 Å². The molecule has 0 bridgehead atoms. The number of rotatable bonds is 3. The van der Waals surface area contributed by atoms with Crippen molar-refractivity contribution in [2.75, 3.05) is 0 Å². The molecule has 8 nitrogen and oxygen atoms in total. The van der Waals surface area contributed by atoms with Crippen LogP contribution in [-0.2, 0) is 29.5 Å². The van der Waals surface area contributed by atoms with Crippen LogP contribution in [0.3, 0.4) is 0 Å². The maximum Gasteiger partial charge on any atom is 1.00 e. The van der Waals surface area contributed by atoms with Crippen LogP contribution < -0.4 is 103 Å². The van der Waals surface area contributed by atoms with Crippen molar-refractivity contribution in [1.82, 2.24) is 0 Å². The van der Waals surface area contributed by atoms with Gasteiger partial charge in [0, 0.05) is 415 Å². The summed E-state index contributed by atoms with van der Waals surface area (Å²) in [6, 6.07) is 0. The Balaban J connectivity index is -0.00000000519. The van der Waals surface area contributed by atoms with E-state index in [9.17, 15) is 25.9 Å². The molecule has 0 saturated carbocycles. The van der Waals surface area contributed by atoms with Crippen LogP contribution in [0.25, 0.3) is 0 Å². The topological polar surface area (TPSA) is 133 Å². The minimum Gasteiger partial charge on any atom is -0.724 e. The molecule has 0 aromatic carbocycles. The first kappa shape index (κ1) is 90.0. The molecule has 23 heavy (non-hydrogen) atoms. The van der Waals surface area contributed by atoms with Crippen LogP contribution >= 0.6 is 0 Å². The number of hydrogen-bond donors (Lipinski definition) is 0. The second kappa shape index (κ2) is 58.5.